The number of nitrogens with zero attached hydrogens (tertiary/aromatic N) is 2. The summed E-state index contributed by atoms with van der Waals surface area (Å²) in [6.45, 7) is 2.49. The van der Waals surface area contributed by atoms with Gasteiger partial charge in [0.05, 0.1) is 37.4 Å². The van der Waals surface area contributed by atoms with Gasteiger partial charge in [-0.1, -0.05) is 6.07 Å². The molecule has 0 aliphatic carbocycles. The largest absolute Gasteiger partial charge is 0.493 e. The first-order valence-electron chi connectivity index (χ1n) is 12.1. The van der Waals surface area contributed by atoms with Crippen molar-refractivity contribution in [1.29, 1.82) is 0 Å². The number of amides is 1. The van der Waals surface area contributed by atoms with Gasteiger partial charge < -0.3 is 23.8 Å². The maximum absolute atomic E-state index is 13.6. The van der Waals surface area contributed by atoms with Crippen LogP contribution < -0.4 is 14.2 Å². The molecule has 0 unspecified atom stereocenters. The van der Waals surface area contributed by atoms with Crippen molar-refractivity contribution >= 4 is 17.6 Å². The molecule has 0 N–H and O–H groups in total. The van der Waals surface area contributed by atoms with Crippen molar-refractivity contribution in [3.63, 3.8) is 0 Å². The maximum Gasteiger partial charge on any atom is 0.338 e. The van der Waals surface area contributed by atoms with Crippen LogP contribution in [0.25, 0.3) is 0 Å². The molecule has 1 amide bonds. The highest BCUT2D eigenvalue weighted by atomic mass is 16.6. The maximum atomic E-state index is 13.6. The van der Waals surface area contributed by atoms with Crippen molar-refractivity contribution in [2.24, 2.45) is 0 Å². The molecule has 3 aromatic carbocycles. The first kappa shape index (κ1) is 26.5. The van der Waals surface area contributed by atoms with E-state index in [1.54, 1.807) is 49.3 Å². The lowest BCUT2D eigenvalue weighted by Gasteiger charge is -2.37. The Hall–Kier alpha value is -4.60. The van der Waals surface area contributed by atoms with E-state index in [4.69, 9.17) is 18.9 Å². The number of fused-ring (bicyclic) bond motifs is 1. The van der Waals surface area contributed by atoms with Crippen LogP contribution in [0.3, 0.4) is 0 Å². The number of esters is 1. The van der Waals surface area contributed by atoms with Crippen LogP contribution in [0.4, 0.5) is 5.69 Å². The van der Waals surface area contributed by atoms with E-state index >= 15 is 0 Å². The molecule has 198 valence electrons. The Labute approximate surface area is 219 Å². The zero-order valence-corrected chi connectivity index (χ0v) is 21.3. The lowest BCUT2D eigenvalue weighted by molar-refractivity contribution is -0.384. The Bertz CT molecular complexity index is 1340. The molecule has 10 heteroatoms. The monoisotopic (exact) mass is 520 g/mol. The first-order valence-corrected chi connectivity index (χ1v) is 12.1. The first-order chi connectivity index (χ1) is 18.4. The van der Waals surface area contributed by atoms with Gasteiger partial charge >= 0.3 is 5.97 Å². The molecule has 3 aromatic rings. The van der Waals surface area contributed by atoms with Crippen LogP contribution in [0.2, 0.25) is 0 Å². The number of methoxy groups -OCH3 is 2. The number of ether oxygens (including phenoxy) is 4. The van der Waals surface area contributed by atoms with Crippen molar-refractivity contribution in [3.05, 3.63) is 93.0 Å². The fourth-order valence-corrected chi connectivity index (χ4v) is 4.45. The Morgan fingerprint density at radius 2 is 1.71 bits per heavy atom. The molecule has 4 rings (SSSR count). The predicted molar refractivity (Wildman–Crippen MR) is 138 cm³/mol. The lowest BCUT2D eigenvalue weighted by atomic mass is 9.91. The van der Waals surface area contributed by atoms with Crippen molar-refractivity contribution < 1.29 is 33.5 Å². The Morgan fingerprint density at radius 3 is 2.37 bits per heavy atom. The summed E-state index contributed by atoms with van der Waals surface area (Å²) >= 11 is 0. The quantitative estimate of drug-likeness (QED) is 0.228. The van der Waals surface area contributed by atoms with E-state index in [1.165, 1.54) is 25.3 Å². The van der Waals surface area contributed by atoms with Gasteiger partial charge in [0.2, 0.25) is 0 Å². The SMILES string of the molecule is CCOC(=O)c1ccc(OC[C@@H]2c3cc(OC)c(OC)cc3CCN2C(=O)c2cccc([N+](=O)[O-])c2)cc1. The molecule has 1 heterocycles. The molecule has 38 heavy (non-hydrogen) atoms. The molecule has 1 aliphatic heterocycles. The van der Waals surface area contributed by atoms with Crippen molar-refractivity contribution in [1.82, 2.24) is 4.90 Å². The van der Waals surface area contributed by atoms with Crippen LogP contribution in [0.15, 0.2) is 60.7 Å². The molecule has 1 atom stereocenters. The fourth-order valence-electron chi connectivity index (χ4n) is 4.45. The number of rotatable bonds is 9. The Morgan fingerprint density at radius 1 is 1.00 bits per heavy atom. The van der Waals surface area contributed by atoms with E-state index in [2.05, 4.69) is 0 Å². The number of carbonyl (C=O) groups excluding carboxylic acids is 2. The van der Waals surface area contributed by atoms with Crippen LogP contribution >= 0.6 is 0 Å². The van der Waals surface area contributed by atoms with Crippen LogP contribution in [0.1, 0.15) is 44.8 Å². The highest BCUT2D eigenvalue weighted by Crippen LogP contribution is 2.39. The van der Waals surface area contributed by atoms with Gasteiger partial charge in [-0.3, -0.25) is 14.9 Å². The van der Waals surface area contributed by atoms with Crippen molar-refractivity contribution in [3.8, 4) is 17.2 Å². The summed E-state index contributed by atoms with van der Waals surface area (Å²) in [5.74, 6) is 0.836. The van der Waals surface area contributed by atoms with Gasteiger partial charge in [-0.05, 0) is 66.9 Å². The van der Waals surface area contributed by atoms with E-state index in [9.17, 15) is 19.7 Å². The molecule has 0 saturated carbocycles. The molecule has 0 radical (unpaired) electrons. The number of hydrogen-bond acceptors (Lipinski definition) is 8. The standard InChI is InChI=1S/C28H28N2O8/c1-4-37-28(32)18-8-10-22(11-9-18)38-17-24-23-16-26(36-3)25(35-2)15-19(23)12-13-29(24)27(31)20-6-5-7-21(14-20)30(33)34/h5-11,14-16,24H,4,12-13,17H2,1-3H3/t24-/m1/s1. The summed E-state index contributed by atoms with van der Waals surface area (Å²) in [6, 6.07) is 15.4. The van der Waals surface area contributed by atoms with Gasteiger partial charge in [0.1, 0.15) is 12.4 Å². The molecule has 0 saturated heterocycles. The number of hydrogen-bond donors (Lipinski definition) is 0. The minimum Gasteiger partial charge on any atom is -0.493 e. The van der Waals surface area contributed by atoms with Gasteiger partial charge in [-0.2, -0.15) is 0 Å². The Balaban J connectivity index is 1.66. The summed E-state index contributed by atoms with van der Waals surface area (Å²) in [4.78, 5) is 38.0. The molecule has 1 aliphatic rings. The topological polar surface area (TPSA) is 117 Å². The second-order valence-electron chi connectivity index (χ2n) is 8.53. The average molecular weight is 521 g/mol. The highest BCUT2D eigenvalue weighted by Gasteiger charge is 2.34. The second-order valence-corrected chi connectivity index (χ2v) is 8.53. The second kappa shape index (κ2) is 11.6. The number of nitro benzene ring substituents is 1. The fraction of sp³-hybridized carbons (Fsp3) is 0.286. The summed E-state index contributed by atoms with van der Waals surface area (Å²) < 4.78 is 22.1. The van der Waals surface area contributed by atoms with E-state index in [-0.39, 0.29) is 30.4 Å². The highest BCUT2D eigenvalue weighted by molar-refractivity contribution is 5.95. The Kier molecular flexibility index (Phi) is 8.10. The smallest absolute Gasteiger partial charge is 0.338 e. The van der Waals surface area contributed by atoms with Crippen LogP contribution in [-0.2, 0) is 11.2 Å². The number of non-ortho nitro benzene ring substituents is 1. The molecule has 0 spiro atoms. The summed E-state index contributed by atoms with van der Waals surface area (Å²) in [7, 11) is 3.10. The van der Waals surface area contributed by atoms with Gasteiger partial charge in [0.15, 0.2) is 11.5 Å². The summed E-state index contributed by atoms with van der Waals surface area (Å²) in [5.41, 5.74) is 2.27. The third-order valence-corrected chi connectivity index (χ3v) is 6.34. The molecule has 0 aromatic heterocycles. The third kappa shape index (κ3) is 5.54. The number of carbonyl (C=O) groups is 2. The predicted octanol–water partition coefficient (Wildman–Crippen LogP) is 4.61. The van der Waals surface area contributed by atoms with Crippen molar-refractivity contribution in [2.75, 3.05) is 34.0 Å². The zero-order valence-electron chi connectivity index (χ0n) is 21.3. The molecular weight excluding hydrogens is 492 g/mol. The van der Waals surface area contributed by atoms with E-state index in [0.717, 1.165) is 11.1 Å². The van der Waals surface area contributed by atoms with Gasteiger partial charge in [-0.15, -0.1) is 0 Å². The zero-order chi connectivity index (χ0) is 27.2. The average Bonchev–Trinajstić information content (AvgIpc) is 2.95. The molecular formula is C28H28N2O8. The van der Waals surface area contributed by atoms with Crippen LogP contribution in [0, 0.1) is 10.1 Å². The summed E-state index contributed by atoms with van der Waals surface area (Å²) in [6.07, 6.45) is 0.557. The van der Waals surface area contributed by atoms with Crippen LogP contribution in [0.5, 0.6) is 17.2 Å². The minimum absolute atomic E-state index is 0.0991. The van der Waals surface area contributed by atoms with Gasteiger partial charge in [-0.25, -0.2) is 4.79 Å². The summed E-state index contributed by atoms with van der Waals surface area (Å²) in [5, 5.41) is 11.3. The van der Waals surface area contributed by atoms with Crippen molar-refractivity contribution in [2.45, 2.75) is 19.4 Å². The van der Waals surface area contributed by atoms with E-state index < -0.39 is 16.9 Å². The van der Waals surface area contributed by atoms with E-state index in [0.29, 0.717) is 35.8 Å². The molecule has 10 nitrogen and oxygen atoms in total. The molecule has 0 bridgehead atoms. The van der Waals surface area contributed by atoms with E-state index in [1.807, 2.05) is 12.1 Å². The normalized spacial score (nSPS) is 14.3. The number of nitro groups is 1. The number of benzene rings is 3. The van der Waals surface area contributed by atoms with Crippen LogP contribution in [-0.4, -0.2) is 55.7 Å². The third-order valence-electron chi connectivity index (χ3n) is 6.34. The lowest BCUT2D eigenvalue weighted by Crippen LogP contribution is -2.42. The molecule has 0 fully saturated rings. The van der Waals surface area contributed by atoms with Gasteiger partial charge in [0.25, 0.3) is 11.6 Å². The minimum atomic E-state index is -0.528. The van der Waals surface area contributed by atoms with Gasteiger partial charge in [0, 0.05) is 24.2 Å².